The van der Waals surface area contributed by atoms with Gasteiger partial charge in [0.05, 0.1) is 54.0 Å². The van der Waals surface area contributed by atoms with Gasteiger partial charge in [-0.3, -0.25) is 14.6 Å². The Labute approximate surface area is 202 Å². The third kappa shape index (κ3) is 5.73. The lowest BCUT2D eigenvalue weighted by Crippen LogP contribution is -2.33. The van der Waals surface area contributed by atoms with E-state index in [4.69, 9.17) is 20.9 Å². The van der Waals surface area contributed by atoms with E-state index in [1.807, 2.05) is 0 Å². The highest BCUT2D eigenvalue weighted by Gasteiger charge is 2.51. The summed E-state index contributed by atoms with van der Waals surface area (Å²) in [5.74, 6) is -0.419. The zero-order valence-electron chi connectivity index (χ0n) is 18.4. The number of benzene rings is 1. The number of nitrogens with zero attached hydrogens (tertiary/aromatic N) is 2. The first kappa shape index (κ1) is 24.5. The Kier molecular flexibility index (Phi) is 6.70. The van der Waals surface area contributed by atoms with Crippen molar-refractivity contribution in [3.8, 4) is 5.88 Å². The number of alkyl halides is 3. The molecule has 3 aromatic rings. The van der Waals surface area contributed by atoms with Crippen molar-refractivity contribution >= 4 is 34.7 Å². The van der Waals surface area contributed by atoms with Crippen LogP contribution in [0, 0.1) is 5.41 Å². The van der Waals surface area contributed by atoms with Crippen LogP contribution in [-0.2, 0) is 17.5 Å². The molecule has 1 aromatic carbocycles. The first-order chi connectivity index (χ1) is 16.6. The van der Waals surface area contributed by atoms with Crippen LogP contribution in [0.5, 0.6) is 5.88 Å². The molecule has 0 unspecified atom stereocenters. The molecule has 1 amide bonds. The molecule has 1 fully saturated rings. The van der Waals surface area contributed by atoms with Crippen LogP contribution in [0.1, 0.15) is 41.1 Å². The maximum atomic E-state index is 13.3. The van der Waals surface area contributed by atoms with Gasteiger partial charge in [0, 0.05) is 11.4 Å². The van der Waals surface area contributed by atoms with Crippen molar-refractivity contribution in [1.29, 1.82) is 0 Å². The average molecular weight is 509 g/mol. The quantitative estimate of drug-likeness (QED) is 0.384. The smallest absolute Gasteiger partial charge is 0.418 e. The van der Waals surface area contributed by atoms with E-state index in [0.717, 1.165) is 6.07 Å². The molecule has 2 heterocycles. The molecule has 184 valence electrons. The van der Waals surface area contributed by atoms with Crippen LogP contribution in [-0.4, -0.2) is 28.9 Å². The summed E-state index contributed by atoms with van der Waals surface area (Å²) >= 11 is 5.70. The molecule has 8 nitrogen and oxygen atoms in total. The van der Waals surface area contributed by atoms with Gasteiger partial charge in [0.1, 0.15) is 0 Å². The van der Waals surface area contributed by atoms with Crippen molar-refractivity contribution in [2.75, 3.05) is 12.4 Å². The second-order valence-electron chi connectivity index (χ2n) is 8.15. The number of amides is 1. The van der Waals surface area contributed by atoms with Gasteiger partial charge in [-0.1, -0.05) is 11.6 Å². The second-order valence-corrected chi connectivity index (χ2v) is 8.58. The van der Waals surface area contributed by atoms with E-state index < -0.39 is 17.2 Å². The van der Waals surface area contributed by atoms with E-state index in [9.17, 15) is 22.8 Å². The molecule has 1 saturated carbocycles. The lowest BCUT2D eigenvalue weighted by atomic mass is 9.97. The van der Waals surface area contributed by atoms with Crippen molar-refractivity contribution < 1.29 is 32.0 Å². The Morgan fingerprint density at radius 3 is 2.57 bits per heavy atom. The van der Waals surface area contributed by atoms with Crippen LogP contribution in [0.4, 0.5) is 24.5 Å². The summed E-state index contributed by atoms with van der Waals surface area (Å²) < 4.78 is 49.7. The number of anilines is 2. The van der Waals surface area contributed by atoms with E-state index in [0.29, 0.717) is 24.2 Å². The summed E-state index contributed by atoms with van der Waals surface area (Å²) in [6.45, 7) is 0.0972. The fraction of sp³-hybridized carbons (Fsp3) is 0.304. The van der Waals surface area contributed by atoms with Crippen molar-refractivity contribution in [1.82, 2.24) is 15.5 Å². The minimum absolute atomic E-state index is 0.0178. The number of nitrogens with one attached hydrogen (secondary N) is 2. The van der Waals surface area contributed by atoms with Gasteiger partial charge in [0.25, 0.3) is 5.88 Å². The molecule has 1 aliphatic carbocycles. The number of ketones is 1. The fourth-order valence-corrected chi connectivity index (χ4v) is 3.67. The Bertz CT molecular complexity index is 1240. The summed E-state index contributed by atoms with van der Waals surface area (Å²) in [6, 6.07) is 7.95. The highest BCUT2D eigenvalue weighted by molar-refractivity contribution is 6.30. The number of methoxy groups -OCH3 is 1. The van der Waals surface area contributed by atoms with Crippen LogP contribution >= 0.6 is 11.6 Å². The topological polar surface area (TPSA) is 106 Å². The Morgan fingerprint density at radius 2 is 1.97 bits per heavy atom. The van der Waals surface area contributed by atoms with E-state index >= 15 is 0 Å². The fourth-order valence-electron chi connectivity index (χ4n) is 3.49. The van der Waals surface area contributed by atoms with Crippen LogP contribution in [0.25, 0.3) is 0 Å². The number of hydrogen-bond donors (Lipinski definition) is 2. The number of halogens is 4. The Balaban J connectivity index is 1.34. The highest BCUT2D eigenvalue weighted by Crippen LogP contribution is 2.49. The number of pyridine rings is 1. The molecule has 1 aliphatic rings. The van der Waals surface area contributed by atoms with E-state index in [2.05, 4.69) is 20.8 Å². The van der Waals surface area contributed by atoms with E-state index in [-0.39, 0.29) is 47.0 Å². The minimum atomic E-state index is -4.58. The summed E-state index contributed by atoms with van der Waals surface area (Å²) in [7, 11) is 1.40. The van der Waals surface area contributed by atoms with Crippen molar-refractivity contribution in [2.24, 2.45) is 5.41 Å². The molecule has 0 aliphatic heterocycles. The minimum Gasteiger partial charge on any atom is -0.479 e. The molecular formula is C23H20ClF3N4O4. The number of carbonyl (C=O) groups excluding carboxylic acids is 2. The summed E-state index contributed by atoms with van der Waals surface area (Å²) in [6.07, 6.45) is -2.10. The third-order valence-corrected chi connectivity index (χ3v) is 5.86. The first-order valence-electron chi connectivity index (χ1n) is 10.5. The molecular weight excluding hydrogens is 489 g/mol. The monoisotopic (exact) mass is 508 g/mol. The maximum absolute atomic E-state index is 13.3. The van der Waals surface area contributed by atoms with Crippen LogP contribution in [0.3, 0.4) is 0 Å². The molecule has 2 aromatic heterocycles. The molecule has 0 bridgehead atoms. The maximum Gasteiger partial charge on any atom is 0.418 e. The Morgan fingerprint density at radius 1 is 1.20 bits per heavy atom. The van der Waals surface area contributed by atoms with Gasteiger partial charge in [-0.05, 0) is 48.3 Å². The summed E-state index contributed by atoms with van der Waals surface area (Å²) in [4.78, 5) is 29.3. The second kappa shape index (κ2) is 9.57. The molecule has 0 radical (unpaired) electrons. The lowest BCUT2D eigenvalue weighted by molar-refractivity contribution is -0.137. The zero-order chi connectivity index (χ0) is 25.2. The van der Waals surface area contributed by atoms with Crippen LogP contribution < -0.4 is 15.4 Å². The number of ether oxygens (including phenoxy) is 1. The molecule has 4 rings (SSSR count). The predicted octanol–water partition coefficient (Wildman–Crippen LogP) is 5.16. The summed E-state index contributed by atoms with van der Waals surface area (Å²) in [5, 5.41) is 9.02. The van der Waals surface area contributed by atoms with E-state index in [1.54, 1.807) is 12.1 Å². The third-order valence-electron chi connectivity index (χ3n) is 5.63. The number of hydrogen-bond acceptors (Lipinski definition) is 7. The van der Waals surface area contributed by atoms with Gasteiger partial charge in [-0.15, -0.1) is 0 Å². The average Bonchev–Trinajstić information content (AvgIpc) is 3.44. The number of aromatic nitrogens is 2. The molecule has 35 heavy (non-hydrogen) atoms. The number of carbonyl (C=O) groups is 2. The Hall–Kier alpha value is -3.60. The highest BCUT2D eigenvalue weighted by atomic mass is 35.5. The standard InChI is InChI=1S/C23H20ClF3N4O4/c1-34-20-9-19(35-31-20)18(32)10-22(6-7-22)21(33)29-11-14-3-4-15(12-28-14)30-17-5-2-13(24)8-16(17)23(25,26)27/h2-5,8-9,12,30H,6-7,10-11H2,1H3,(H,29,33). The first-order valence-corrected chi connectivity index (χ1v) is 10.9. The van der Waals surface area contributed by atoms with Gasteiger partial charge >= 0.3 is 6.18 Å². The van der Waals surface area contributed by atoms with Crippen LogP contribution in [0.2, 0.25) is 5.02 Å². The normalized spacial score (nSPS) is 14.3. The van der Waals surface area contributed by atoms with Crippen molar-refractivity contribution in [3.05, 3.63) is 64.6 Å². The van der Waals surface area contributed by atoms with Gasteiger partial charge in [-0.25, -0.2) is 0 Å². The molecule has 2 N–H and O–H groups in total. The molecule has 0 spiro atoms. The molecule has 0 atom stereocenters. The number of Topliss-reactive ketones (excluding diaryl/α,β-unsaturated/α-hetero) is 1. The number of rotatable bonds is 9. The molecule has 12 heteroatoms. The molecule has 0 saturated heterocycles. The van der Waals surface area contributed by atoms with Crippen LogP contribution in [0.15, 0.2) is 47.1 Å². The van der Waals surface area contributed by atoms with Gasteiger partial charge in [0.15, 0.2) is 0 Å². The van der Waals surface area contributed by atoms with Crippen molar-refractivity contribution in [3.63, 3.8) is 0 Å². The summed E-state index contributed by atoms with van der Waals surface area (Å²) in [5.41, 5.74) is -1.03. The van der Waals surface area contributed by atoms with Crippen molar-refractivity contribution in [2.45, 2.75) is 32.0 Å². The lowest BCUT2D eigenvalue weighted by Gasteiger charge is -2.15. The predicted molar refractivity (Wildman–Crippen MR) is 119 cm³/mol. The van der Waals surface area contributed by atoms with Gasteiger partial charge in [-0.2, -0.15) is 13.2 Å². The van der Waals surface area contributed by atoms with Gasteiger partial charge in [0.2, 0.25) is 17.5 Å². The van der Waals surface area contributed by atoms with Gasteiger partial charge < -0.3 is 19.9 Å². The van der Waals surface area contributed by atoms with E-state index in [1.165, 1.54) is 31.5 Å². The largest absolute Gasteiger partial charge is 0.479 e. The zero-order valence-corrected chi connectivity index (χ0v) is 19.2. The SMILES string of the molecule is COc1cc(C(=O)CC2(C(=O)NCc3ccc(Nc4ccc(Cl)cc4C(F)(F)F)cn3)CC2)on1.